The first-order valence-electron chi connectivity index (χ1n) is 4.76. The van der Waals surface area contributed by atoms with Gasteiger partial charge in [0.05, 0.1) is 5.52 Å². The van der Waals surface area contributed by atoms with Gasteiger partial charge in [0.1, 0.15) is 0 Å². The summed E-state index contributed by atoms with van der Waals surface area (Å²) in [5.74, 6) is 0. The van der Waals surface area contributed by atoms with Gasteiger partial charge in [0.2, 0.25) is 0 Å². The fraction of sp³-hybridized carbons (Fsp3) is 0.250. The molecule has 0 unspecified atom stereocenters. The Bertz CT molecular complexity index is 472. The SMILES string of the molecule is CCc1cc(C)nc2cc(I)ccc12. The van der Waals surface area contributed by atoms with Crippen molar-refractivity contribution in [2.75, 3.05) is 0 Å². The summed E-state index contributed by atoms with van der Waals surface area (Å²) in [6.07, 6.45) is 1.07. The number of hydrogen-bond acceptors (Lipinski definition) is 1. The number of rotatable bonds is 1. The van der Waals surface area contributed by atoms with Crippen molar-refractivity contribution in [2.24, 2.45) is 0 Å². The zero-order chi connectivity index (χ0) is 10.1. The summed E-state index contributed by atoms with van der Waals surface area (Å²) >= 11 is 2.32. The molecule has 72 valence electrons. The van der Waals surface area contributed by atoms with E-state index in [9.17, 15) is 0 Å². The topological polar surface area (TPSA) is 12.9 Å². The summed E-state index contributed by atoms with van der Waals surface area (Å²) < 4.78 is 1.25. The van der Waals surface area contributed by atoms with Crippen molar-refractivity contribution < 1.29 is 0 Å². The molecule has 2 rings (SSSR count). The first-order chi connectivity index (χ1) is 6.70. The number of fused-ring (bicyclic) bond motifs is 1. The quantitative estimate of drug-likeness (QED) is 0.731. The lowest BCUT2D eigenvalue weighted by molar-refractivity contribution is 1.12. The van der Waals surface area contributed by atoms with E-state index >= 15 is 0 Å². The van der Waals surface area contributed by atoms with Crippen molar-refractivity contribution in [3.05, 3.63) is 39.1 Å². The molecule has 2 heteroatoms. The second-order valence-corrected chi connectivity index (χ2v) is 4.68. The van der Waals surface area contributed by atoms with Gasteiger partial charge in [-0.05, 0) is 59.7 Å². The normalized spacial score (nSPS) is 10.8. The first kappa shape index (κ1) is 9.90. The van der Waals surface area contributed by atoms with Crippen LogP contribution in [0.15, 0.2) is 24.3 Å². The summed E-state index contributed by atoms with van der Waals surface area (Å²) in [5, 5.41) is 1.29. The van der Waals surface area contributed by atoms with Crippen LogP contribution in [0.3, 0.4) is 0 Å². The van der Waals surface area contributed by atoms with E-state index in [1.54, 1.807) is 0 Å². The van der Waals surface area contributed by atoms with Crippen molar-refractivity contribution in [1.29, 1.82) is 0 Å². The van der Waals surface area contributed by atoms with Gasteiger partial charge < -0.3 is 0 Å². The molecule has 0 atom stereocenters. The lowest BCUT2D eigenvalue weighted by atomic mass is 10.1. The number of benzene rings is 1. The highest BCUT2D eigenvalue weighted by atomic mass is 127. The fourth-order valence-corrected chi connectivity index (χ4v) is 2.19. The molecule has 2 aromatic rings. The molecule has 0 saturated heterocycles. The lowest BCUT2D eigenvalue weighted by Gasteiger charge is -2.05. The summed E-state index contributed by atoms with van der Waals surface area (Å²) in [4.78, 5) is 4.54. The van der Waals surface area contributed by atoms with Crippen molar-refractivity contribution in [3.8, 4) is 0 Å². The van der Waals surface area contributed by atoms with Crippen LogP contribution >= 0.6 is 22.6 Å². The van der Waals surface area contributed by atoms with Crippen LogP contribution in [0.5, 0.6) is 0 Å². The molecule has 14 heavy (non-hydrogen) atoms. The third-order valence-corrected chi connectivity index (χ3v) is 3.04. The molecular weight excluding hydrogens is 285 g/mol. The van der Waals surface area contributed by atoms with Crippen LogP contribution < -0.4 is 0 Å². The highest BCUT2D eigenvalue weighted by Gasteiger charge is 2.02. The maximum atomic E-state index is 4.54. The van der Waals surface area contributed by atoms with E-state index in [2.05, 4.69) is 65.7 Å². The fourth-order valence-electron chi connectivity index (χ4n) is 1.71. The average Bonchev–Trinajstić information content (AvgIpc) is 2.15. The van der Waals surface area contributed by atoms with Gasteiger partial charge in [-0.25, -0.2) is 0 Å². The summed E-state index contributed by atoms with van der Waals surface area (Å²) in [5.41, 5.74) is 3.62. The average molecular weight is 297 g/mol. The standard InChI is InChI=1S/C12H12IN/c1-3-9-6-8(2)14-12-7-10(13)4-5-11(9)12/h4-7H,3H2,1-2H3. The Morgan fingerprint density at radius 1 is 1.29 bits per heavy atom. The highest BCUT2D eigenvalue weighted by Crippen LogP contribution is 2.20. The first-order valence-corrected chi connectivity index (χ1v) is 5.84. The van der Waals surface area contributed by atoms with Crippen LogP contribution in [0.4, 0.5) is 0 Å². The van der Waals surface area contributed by atoms with Crippen molar-refractivity contribution in [3.63, 3.8) is 0 Å². The van der Waals surface area contributed by atoms with Gasteiger partial charge in [-0.2, -0.15) is 0 Å². The van der Waals surface area contributed by atoms with E-state index in [4.69, 9.17) is 0 Å². The molecular formula is C12H12IN. The van der Waals surface area contributed by atoms with Gasteiger partial charge in [-0.3, -0.25) is 4.98 Å². The molecule has 0 saturated carbocycles. The third kappa shape index (κ3) is 1.75. The molecule has 0 fully saturated rings. The maximum absolute atomic E-state index is 4.54. The van der Waals surface area contributed by atoms with Crippen molar-refractivity contribution in [2.45, 2.75) is 20.3 Å². The number of pyridine rings is 1. The second-order valence-electron chi connectivity index (χ2n) is 3.44. The van der Waals surface area contributed by atoms with Crippen molar-refractivity contribution in [1.82, 2.24) is 4.98 Å². The molecule has 0 aliphatic rings. The van der Waals surface area contributed by atoms with Crippen LogP contribution in [0, 0.1) is 10.5 Å². The predicted molar refractivity (Wildman–Crippen MR) is 68.6 cm³/mol. The minimum Gasteiger partial charge on any atom is -0.253 e. The number of aryl methyl sites for hydroxylation is 2. The van der Waals surface area contributed by atoms with E-state index in [-0.39, 0.29) is 0 Å². The van der Waals surface area contributed by atoms with Crippen LogP contribution in [0.1, 0.15) is 18.2 Å². The molecule has 0 bridgehead atoms. The number of aromatic nitrogens is 1. The molecule has 1 aromatic carbocycles. The Balaban J connectivity index is 2.81. The second kappa shape index (κ2) is 3.85. The molecule has 1 nitrogen and oxygen atoms in total. The van der Waals surface area contributed by atoms with E-state index in [1.165, 1.54) is 14.5 Å². The molecule has 1 aromatic heterocycles. The smallest absolute Gasteiger partial charge is 0.0718 e. The largest absolute Gasteiger partial charge is 0.253 e. The van der Waals surface area contributed by atoms with E-state index < -0.39 is 0 Å². The zero-order valence-corrected chi connectivity index (χ0v) is 10.5. The Morgan fingerprint density at radius 2 is 2.07 bits per heavy atom. The van der Waals surface area contributed by atoms with Gasteiger partial charge in [0.25, 0.3) is 0 Å². The number of nitrogens with zero attached hydrogens (tertiary/aromatic N) is 1. The van der Waals surface area contributed by atoms with Gasteiger partial charge >= 0.3 is 0 Å². The number of halogens is 1. The van der Waals surface area contributed by atoms with Crippen LogP contribution in [-0.4, -0.2) is 4.98 Å². The minimum absolute atomic E-state index is 1.07. The number of hydrogen-bond donors (Lipinski definition) is 0. The molecule has 0 aliphatic heterocycles. The predicted octanol–water partition coefficient (Wildman–Crippen LogP) is 3.71. The molecule has 0 amide bonds. The summed E-state index contributed by atoms with van der Waals surface area (Å²) in [7, 11) is 0. The van der Waals surface area contributed by atoms with Crippen LogP contribution in [0.25, 0.3) is 10.9 Å². The third-order valence-electron chi connectivity index (χ3n) is 2.37. The monoisotopic (exact) mass is 297 g/mol. The maximum Gasteiger partial charge on any atom is 0.0718 e. The van der Waals surface area contributed by atoms with E-state index in [1.807, 2.05) is 0 Å². The zero-order valence-electron chi connectivity index (χ0n) is 8.34. The molecule has 1 heterocycles. The summed E-state index contributed by atoms with van der Waals surface area (Å²) in [6, 6.07) is 8.62. The Morgan fingerprint density at radius 3 is 2.79 bits per heavy atom. The van der Waals surface area contributed by atoms with Gasteiger partial charge in [0.15, 0.2) is 0 Å². The highest BCUT2D eigenvalue weighted by molar-refractivity contribution is 14.1. The van der Waals surface area contributed by atoms with Gasteiger partial charge in [0, 0.05) is 14.7 Å². The Hall–Kier alpha value is -0.640. The summed E-state index contributed by atoms with van der Waals surface area (Å²) in [6.45, 7) is 4.24. The molecule has 0 spiro atoms. The Labute approximate surface area is 97.7 Å². The van der Waals surface area contributed by atoms with Crippen LogP contribution in [-0.2, 0) is 6.42 Å². The van der Waals surface area contributed by atoms with Crippen molar-refractivity contribution >= 4 is 33.5 Å². The Kier molecular flexibility index (Phi) is 2.72. The molecule has 0 N–H and O–H groups in total. The molecule has 0 radical (unpaired) electrons. The molecule has 0 aliphatic carbocycles. The lowest BCUT2D eigenvalue weighted by Crippen LogP contribution is -1.90. The van der Waals surface area contributed by atoms with Gasteiger partial charge in [-0.1, -0.05) is 13.0 Å². The van der Waals surface area contributed by atoms with E-state index in [0.29, 0.717) is 0 Å². The van der Waals surface area contributed by atoms with Gasteiger partial charge in [-0.15, -0.1) is 0 Å². The van der Waals surface area contributed by atoms with Crippen LogP contribution in [0.2, 0.25) is 0 Å². The minimum atomic E-state index is 1.07. The van der Waals surface area contributed by atoms with E-state index in [0.717, 1.165) is 17.6 Å².